The predicted molar refractivity (Wildman–Crippen MR) is 255 cm³/mol. The van der Waals surface area contributed by atoms with Gasteiger partial charge in [-0.2, -0.15) is 0 Å². The van der Waals surface area contributed by atoms with Gasteiger partial charge in [0.05, 0.1) is 18.8 Å². The van der Waals surface area contributed by atoms with Crippen molar-refractivity contribution in [2.45, 2.75) is 302 Å². The van der Waals surface area contributed by atoms with Crippen molar-refractivity contribution in [1.29, 1.82) is 0 Å². The van der Waals surface area contributed by atoms with Crippen molar-refractivity contribution in [3.8, 4) is 0 Å². The van der Waals surface area contributed by atoms with E-state index < -0.39 is 26.6 Å². The van der Waals surface area contributed by atoms with E-state index in [2.05, 4.69) is 23.7 Å². The Morgan fingerprint density at radius 2 is 0.746 bits per heavy atom. The molecule has 0 heterocycles. The molecule has 0 aromatic carbocycles. The maximum absolute atomic E-state index is 12.7. The SMILES string of the molecule is CCCCCCCCCCCCCCCC/C=C/[C@@H](O)[C@H](COP(=O)(O)O)NC(=O)CCCCCCCCCCCCCCCCCCCCCCCCCCCCC. The minimum atomic E-state index is -4.72. The van der Waals surface area contributed by atoms with E-state index in [4.69, 9.17) is 0 Å². The number of allylic oxidation sites excluding steroid dienone is 1. The van der Waals surface area contributed by atoms with E-state index in [1.165, 1.54) is 231 Å². The number of phosphoric acid groups is 1. The van der Waals surface area contributed by atoms with Gasteiger partial charge in [0, 0.05) is 6.42 Å². The van der Waals surface area contributed by atoms with E-state index in [1.54, 1.807) is 6.08 Å². The first-order valence-electron chi connectivity index (χ1n) is 26.1. The quantitative estimate of drug-likeness (QED) is 0.0275. The van der Waals surface area contributed by atoms with Crippen LogP contribution in [0.4, 0.5) is 0 Å². The summed E-state index contributed by atoms with van der Waals surface area (Å²) in [6.45, 7) is 4.11. The molecule has 0 aliphatic rings. The number of aliphatic hydroxyl groups is 1. The molecule has 8 heteroatoms. The summed E-state index contributed by atoms with van der Waals surface area (Å²) in [5.74, 6) is -0.219. The summed E-state index contributed by atoms with van der Waals surface area (Å²) < 4.78 is 16.0. The van der Waals surface area contributed by atoms with Crippen LogP contribution in [0.5, 0.6) is 0 Å². The zero-order valence-corrected chi connectivity index (χ0v) is 40.3. The number of amides is 1. The summed E-state index contributed by atoms with van der Waals surface area (Å²) >= 11 is 0. The number of hydrogen-bond donors (Lipinski definition) is 4. The molecule has 0 rings (SSSR count). The average molecular weight is 856 g/mol. The number of carbonyl (C=O) groups excluding carboxylic acids is 1. The van der Waals surface area contributed by atoms with Crippen molar-refractivity contribution >= 4 is 13.7 Å². The van der Waals surface area contributed by atoms with Gasteiger partial charge in [-0.3, -0.25) is 9.32 Å². The Balaban J connectivity index is 3.75. The van der Waals surface area contributed by atoms with Crippen LogP contribution in [0.25, 0.3) is 0 Å². The normalized spacial score (nSPS) is 13.1. The second-order valence-electron chi connectivity index (χ2n) is 18.2. The van der Waals surface area contributed by atoms with Gasteiger partial charge in [0.1, 0.15) is 0 Å². The minimum Gasteiger partial charge on any atom is -0.387 e. The van der Waals surface area contributed by atoms with Crippen LogP contribution in [0.1, 0.15) is 290 Å². The molecule has 1 amide bonds. The van der Waals surface area contributed by atoms with Crippen LogP contribution in [0.2, 0.25) is 0 Å². The minimum absolute atomic E-state index is 0.219. The first-order valence-corrected chi connectivity index (χ1v) is 27.7. The lowest BCUT2D eigenvalue weighted by molar-refractivity contribution is -0.123. The number of carbonyl (C=O) groups is 1. The van der Waals surface area contributed by atoms with Crippen molar-refractivity contribution in [2.75, 3.05) is 6.61 Å². The van der Waals surface area contributed by atoms with Crippen molar-refractivity contribution in [3.05, 3.63) is 12.2 Å². The Bertz CT molecular complexity index is 926. The van der Waals surface area contributed by atoms with Gasteiger partial charge in [-0.15, -0.1) is 0 Å². The highest BCUT2D eigenvalue weighted by atomic mass is 31.2. The standard InChI is InChI=1S/C51H102NO6P/c1-3-5-7-9-11-13-15-17-19-21-22-23-24-25-26-27-28-29-30-31-33-35-37-39-41-43-45-47-51(54)52-49(48-58-59(55,56)57)50(53)46-44-42-40-38-36-34-32-20-18-16-14-12-10-8-6-4-2/h44,46,49-50,53H,3-43,45,47-48H2,1-2H3,(H,52,54)(H2,55,56,57)/b46-44+/t49-,50+/m0/s1. The lowest BCUT2D eigenvalue weighted by Gasteiger charge is -2.22. The van der Waals surface area contributed by atoms with Crippen LogP contribution < -0.4 is 5.32 Å². The molecular weight excluding hydrogens is 754 g/mol. The molecule has 352 valence electrons. The van der Waals surface area contributed by atoms with Crippen molar-refractivity contribution in [3.63, 3.8) is 0 Å². The largest absolute Gasteiger partial charge is 0.469 e. The molecule has 0 aliphatic carbocycles. The maximum Gasteiger partial charge on any atom is 0.469 e. The van der Waals surface area contributed by atoms with Gasteiger partial charge in [0.25, 0.3) is 0 Å². The van der Waals surface area contributed by atoms with Crippen molar-refractivity contribution < 1.29 is 28.8 Å². The molecular formula is C51H102NO6P. The van der Waals surface area contributed by atoms with Crippen LogP contribution in [-0.4, -0.2) is 39.6 Å². The predicted octanol–water partition coefficient (Wildman–Crippen LogP) is 16.3. The van der Waals surface area contributed by atoms with Gasteiger partial charge in [0.15, 0.2) is 0 Å². The Morgan fingerprint density at radius 1 is 0.475 bits per heavy atom. The Kier molecular flexibility index (Phi) is 46.2. The lowest BCUT2D eigenvalue weighted by Crippen LogP contribution is -2.45. The van der Waals surface area contributed by atoms with Crippen molar-refractivity contribution in [1.82, 2.24) is 5.32 Å². The Morgan fingerprint density at radius 3 is 1.03 bits per heavy atom. The molecule has 0 aromatic heterocycles. The van der Waals surface area contributed by atoms with E-state index >= 15 is 0 Å². The smallest absolute Gasteiger partial charge is 0.387 e. The fraction of sp³-hybridized carbons (Fsp3) is 0.941. The molecule has 0 radical (unpaired) electrons. The highest BCUT2D eigenvalue weighted by molar-refractivity contribution is 7.46. The van der Waals surface area contributed by atoms with Crippen LogP contribution in [-0.2, 0) is 13.9 Å². The highest BCUT2D eigenvalue weighted by Gasteiger charge is 2.24. The third-order valence-corrected chi connectivity index (χ3v) is 12.7. The molecule has 0 aromatic rings. The number of nitrogens with one attached hydrogen (secondary N) is 1. The number of unbranched alkanes of at least 4 members (excludes halogenated alkanes) is 40. The van der Waals surface area contributed by atoms with Gasteiger partial charge in [-0.05, 0) is 19.3 Å². The molecule has 2 atom stereocenters. The van der Waals surface area contributed by atoms with E-state index in [-0.39, 0.29) is 5.91 Å². The van der Waals surface area contributed by atoms with E-state index in [0.29, 0.717) is 6.42 Å². The topological polar surface area (TPSA) is 116 Å². The maximum atomic E-state index is 12.7. The molecule has 0 bridgehead atoms. The van der Waals surface area contributed by atoms with Crippen LogP contribution >= 0.6 is 7.82 Å². The first kappa shape index (κ1) is 58.3. The van der Waals surface area contributed by atoms with Crippen LogP contribution in [0.3, 0.4) is 0 Å². The molecule has 4 N–H and O–H groups in total. The number of rotatable bonds is 49. The molecule has 0 aliphatic heterocycles. The Labute approximate surface area is 367 Å². The first-order chi connectivity index (χ1) is 28.8. The van der Waals surface area contributed by atoms with Crippen LogP contribution in [0.15, 0.2) is 12.2 Å². The summed E-state index contributed by atoms with van der Waals surface area (Å²) in [6.07, 6.45) is 58.4. The van der Waals surface area contributed by atoms with Gasteiger partial charge < -0.3 is 20.2 Å². The molecule has 0 fully saturated rings. The third-order valence-electron chi connectivity index (χ3n) is 12.2. The molecule has 7 nitrogen and oxygen atoms in total. The number of phosphoric ester groups is 1. The summed E-state index contributed by atoms with van der Waals surface area (Å²) in [4.78, 5) is 31.0. The van der Waals surface area contributed by atoms with Gasteiger partial charge in [-0.1, -0.05) is 276 Å². The van der Waals surface area contributed by atoms with E-state index in [0.717, 1.165) is 38.5 Å². The van der Waals surface area contributed by atoms with Crippen LogP contribution in [0, 0.1) is 0 Å². The summed E-state index contributed by atoms with van der Waals surface area (Å²) in [7, 11) is -4.72. The van der Waals surface area contributed by atoms with Gasteiger partial charge in [-0.25, -0.2) is 4.57 Å². The second-order valence-corrected chi connectivity index (χ2v) is 19.4. The summed E-state index contributed by atoms with van der Waals surface area (Å²) in [5.41, 5.74) is 0. The monoisotopic (exact) mass is 856 g/mol. The molecule has 0 unspecified atom stereocenters. The lowest BCUT2D eigenvalue weighted by atomic mass is 10.0. The highest BCUT2D eigenvalue weighted by Crippen LogP contribution is 2.36. The molecule has 59 heavy (non-hydrogen) atoms. The average Bonchev–Trinajstić information content (AvgIpc) is 3.21. The van der Waals surface area contributed by atoms with Gasteiger partial charge in [0.2, 0.25) is 5.91 Å². The zero-order chi connectivity index (χ0) is 43.2. The number of hydrogen-bond acceptors (Lipinski definition) is 4. The van der Waals surface area contributed by atoms with Crippen molar-refractivity contribution in [2.24, 2.45) is 0 Å². The third kappa shape index (κ3) is 48.2. The summed E-state index contributed by atoms with van der Waals surface area (Å²) in [6, 6.07) is -0.906. The van der Waals surface area contributed by atoms with E-state index in [1.807, 2.05) is 6.08 Å². The second kappa shape index (κ2) is 46.8. The van der Waals surface area contributed by atoms with E-state index in [9.17, 15) is 24.3 Å². The summed E-state index contributed by atoms with van der Waals surface area (Å²) in [5, 5.41) is 13.5. The number of aliphatic hydroxyl groups excluding tert-OH is 1. The van der Waals surface area contributed by atoms with Gasteiger partial charge >= 0.3 is 7.82 Å². The molecule has 0 saturated carbocycles. The zero-order valence-electron chi connectivity index (χ0n) is 39.4. The Hall–Kier alpha value is -0.720. The molecule has 0 spiro atoms. The fourth-order valence-electron chi connectivity index (χ4n) is 8.29. The molecule has 0 saturated heterocycles. The fourth-order valence-corrected chi connectivity index (χ4v) is 8.64.